The van der Waals surface area contributed by atoms with Gasteiger partial charge in [0.05, 0.1) is 23.0 Å². The van der Waals surface area contributed by atoms with Crippen LogP contribution in [0.2, 0.25) is 0 Å². The highest BCUT2D eigenvalue weighted by atomic mass is 15.3. The van der Waals surface area contributed by atoms with Crippen LogP contribution in [0.1, 0.15) is 6.42 Å². The summed E-state index contributed by atoms with van der Waals surface area (Å²) in [5.41, 5.74) is 9.11. The minimum Gasteiger partial charge on any atom is -0.365 e. The summed E-state index contributed by atoms with van der Waals surface area (Å²) >= 11 is 0. The lowest BCUT2D eigenvalue weighted by Crippen LogP contribution is -2.43. The molecule has 2 atom stereocenters. The normalized spacial score (nSPS) is 18.3. The van der Waals surface area contributed by atoms with Gasteiger partial charge in [0, 0.05) is 71.4 Å². The number of anilines is 1. The Balaban J connectivity index is 1.30. The van der Waals surface area contributed by atoms with E-state index in [0.29, 0.717) is 12.1 Å². The van der Waals surface area contributed by atoms with Crippen LogP contribution in [0.3, 0.4) is 0 Å². The number of nitrogens with one attached hydrogen (secondary N) is 2. The van der Waals surface area contributed by atoms with Crippen LogP contribution in [0, 0.1) is 0 Å². The highest BCUT2D eigenvalue weighted by Crippen LogP contribution is 2.42. The number of hydrogen-bond acceptors (Lipinski definition) is 6. The van der Waals surface area contributed by atoms with Crippen LogP contribution in [0.4, 0.5) is 5.69 Å². The molecule has 0 saturated carbocycles. The van der Waals surface area contributed by atoms with Gasteiger partial charge in [-0.2, -0.15) is 10.2 Å². The van der Waals surface area contributed by atoms with Crippen molar-refractivity contribution >= 4 is 33.0 Å². The van der Waals surface area contributed by atoms with Crippen molar-refractivity contribution in [3.05, 3.63) is 97.6 Å². The van der Waals surface area contributed by atoms with Gasteiger partial charge in [0.15, 0.2) is 5.65 Å². The lowest BCUT2D eigenvalue weighted by Gasteiger charge is -2.31. The second-order valence-electron chi connectivity index (χ2n) is 11.0. The molecule has 2 aliphatic rings. The fourth-order valence-corrected chi connectivity index (χ4v) is 6.91. The first-order valence-corrected chi connectivity index (χ1v) is 14.1. The van der Waals surface area contributed by atoms with E-state index in [1.807, 2.05) is 53.6 Å². The van der Waals surface area contributed by atoms with Crippen LogP contribution in [0.25, 0.3) is 61.0 Å². The largest absolute Gasteiger partial charge is 0.365 e. The summed E-state index contributed by atoms with van der Waals surface area (Å²) in [5, 5.41) is 19.8. The maximum atomic E-state index is 5.24. The van der Waals surface area contributed by atoms with Crippen LogP contribution in [-0.2, 0) is 0 Å². The number of benzene rings is 3. The van der Waals surface area contributed by atoms with E-state index < -0.39 is 0 Å². The van der Waals surface area contributed by atoms with Crippen LogP contribution < -0.4 is 10.2 Å². The van der Waals surface area contributed by atoms with Crippen molar-refractivity contribution in [2.75, 3.05) is 18.0 Å². The summed E-state index contributed by atoms with van der Waals surface area (Å²) in [5.74, 6) is 0. The zero-order chi connectivity index (χ0) is 26.9. The molecule has 2 fully saturated rings. The third kappa shape index (κ3) is 3.37. The van der Waals surface area contributed by atoms with Gasteiger partial charge < -0.3 is 10.2 Å². The van der Waals surface area contributed by atoms with Gasteiger partial charge in [-0.1, -0.05) is 42.5 Å². The molecule has 4 aromatic heterocycles. The number of piperazine rings is 1. The molecule has 2 bridgehead atoms. The lowest BCUT2D eigenvalue weighted by molar-refractivity contribution is 0.581. The number of hydrogen-bond donors (Lipinski definition) is 2. The van der Waals surface area contributed by atoms with Gasteiger partial charge >= 0.3 is 0 Å². The molecule has 6 heterocycles. The monoisotopic (exact) mass is 534 g/mol. The zero-order valence-electron chi connectivity index (χ0n) is 22.2. The lowest BCUT2D eigenvalue weighted by atomic mass is 9.98. The van der Waals surface area contributed by atoms with Crippen LogP contribution in [0.15, 0.2) is 97.6 Å². The second kappa shape index (κ2) is 8.71. The van der Waals surface area contributed by atoms with Crippen molar-refractivity contribution in [3.8, 4) is 33.6 Å². The number of fused-ring (bicyclic) bond motifs is 5. The molecule has 8 heteroatoms. The molecule has 0 amide bonds. The van der Waals surface area contributed by atoms with Crippen LogP contribution in [-0.4, -0.2) is 55.0 Å². The van der Waals surface area contributed by atoms with Gasteiger partial charge in [-0.3, -0.25) is 10.1 Å². The van der Waals surface area contributed by atoms with E-state index >= 15 is 0 Å². The molecule has 9 rings (SSSR count). The van der Waals surface area contributed by atoms with Crippen molar-refractivity contribution in [1.82, 2.24) is 35.1 Å². The Kier molecular flexibility index (Phi) is 4.82. The highest BCUT2D eigenvalue weighted by Gasteiger charge is 2.38. The predicted molar refractivity (Wildman–Crippen MR) is 162 cm³/mol. The summed E-state index contributed by atoms with van der Waals surface area (Å²) in [7, 11) is 0. The second-order valence-corrected chi connectivity index (χ2v) is 11.0. The Hall–Kier alpha value is -5.08. The average Bonchev–Trinajstić information content (AvgIpc) is 3.84. The molecular formula is C33H26N8. The summed E-state index contributed by atoms with van der Waals surface area (Å²) in [6.45, 7) is 2.12. The molecule has 2 aliphatic heterocycles. The number of H-pyrrole nitrogens is 1. The van der Waals surface area contributed by atoms with E-state index in [1.54, 1.807) is 0 Å². The van der Waals surface area contributed by atoms with Gasteiger partial charge in [0.1, 0.15) is 5.69 Å². The Bertz CT molecular complexity index is 2090. The predicted octanol–water partition coefficient (Wildman–Crippen LogP) is 5.71. The van der Waals surface area contributed by atoms with E-state index in [9.17, 15) is 0 Å². The fraction of sp³-hybridized carbons (Fsp3) is 0.152. The first-order valence-electron chi connectivity index (χ1n) is 14.1. The summed E-state index contributed by atoms with van der Waals surface area (Å²) < 4.78 is 2.01. The maximum absolute atomic E-state index is 5.24. The number of pyridine rings is 1. The number of aromatic amines is 1. The molecule has 0 aliphatic carbocycles. The Labute approximate surface area is 235 Å². The standard InChI is InChI=1S/C33H26N8/c1-2-5-24-23(4-1)25(8-9-29(24)40-19-21-16-22(40)17-36-21)30-12-15-35-33-31(26-6-3-7-28-27(26)18-37-38-28)32(39-41(30)33)20-10-13-34-14-11-20/h1-15,18,21-22,36H,16-17,19H2,(H,37,38)/t21-,22-/m0/s1. The minimum absolute atomic E-state index is 0.559. The molecular weight excluding hydrogens is 508 g/mol. The molecule has 0 unspecified atom stereocenters. The molecule has 0 radical (unpaired) electrons. The molecule has 2 saturated heterocycles. The van der Waals surface area contributed by atoms with Crippen molar-refractivity contribution in [1.29, 1.82) is 0 Å². The Morgan fingerprint density at radius 3 is 2.56 bits per heavy atom. The zero-order valence-corrected chi connectivity index (χ0v) is 22.2. The third-order valence-corrected chi connectivity index (χ3v) is 8.77. The smallest absolute Gasteiger partial charge is 0.164 e. The summed E-state index contributed by atoms with van der Waals surface area (Å²) in [4.78, 5) is 11.7. The van der Waals surface area contributed by atoms with Crippen LogP contribution in [0.5, 0.6) is 0 Å². The summed E-state index contributed by atoms with van der Waals surface area (Å²) in [6, 6.07) is 26.7. The van der Waals surface area contributed by atoms with E-state index in [2.05, 4.69) is 73.9 Å². The average molecular weight is 535 g/mol. The molecule has 41 heavy (non-hydrogen) atoms. The van der Waals surface area contributed by atoms with Crippen LogP contribution >= 0.6 is 0 Å². The molecule has 3 aromatic carbocycles. The molecule has 198 valence electrons. The summed E-state index contributed by atoms with van der Waals surface area (Å²) in [6.07, 6.45) is 8.61. The Morgan fingerprint density at radius 1 is 0.805 bits per heavy atom. The number of rotatable bonds is 4. The fourth-order valence-electron chi connectivity index (χ4n) is 6.91. The van der Waals surface area contributed by atoms with E-state index in [4.69, 9.17) is 10.1 Å². The third-order valence-electron chi connectivity index (χ3n) is 8.77. The maximum Gasteiger partial charge on any atom is 0.164 e. The highest BCUT2D eigenvalue weighted by molar-refractivity contribution is 6.05. The van der Waals surface area contributed by atoms with E-state index in [1.165, 1.54) is 22.9 Å². The first kappa shape index (κ1) is 22.7. The molecule has 7 aromatic rings. The van der Waals surface area contributed by atoms with E-state index in [0.717, 1.165) is 63.3 Å². The van der Waals surface area contributed by atoms with E-state index in [-0.39, 0.29) is 0 Å². The van der Waals surface area contributed by atoms with Gasteiger partial charge in [-0.25, -0.2) is 9.50 Å². The SMILES string of the molecule is c1cc(-c2c(-c3ccncc3)nn3c(-c4ccc(N5C[C@@H]6C[C@H]5CN6)c5ccccc45)ccnc23)c2cn[nH]c2c1. The van der Waals surface area contributed by atoms with Gasteiger partial charge in [-0.05, 0) is 47.7 Å². The molecule has 2 N–H and O–H groups in total. The minimum atomic E-state index is 0.559. The number of nitrogens with zero attached hydrogens (tertiary/aromatic N) is 6. The van der Waals surface area contributed by atoms with Gasteiger partial charge in [0.25, 0.3) is 0 Å². The topological polar surface area (TPSA) is 87.0 Å². The van der Waals surface area contributed by atoms with Crippen molar-refractivity contribution in [2.24, 2.45) is 0 Å². The molecule has 0 spiro atoms. The van der Waals surface area contributed by atoms with Gasteiger partial charge in [-0.15, -0.1) is 0 Å². The van der Waals surface area contributed by atoms with Crippen molar-refractivity contribution in [2.45, 2.75) is 18.5 Å². The molecule has 8 nitrogen and oxygen atoms in total. The van der Waals surface area contributed by atoms with Crippen molar-refractivity contribution < 1.29 is 0 Å². The first-order chi connectivity index (χ1) is 20.3. The number of aromatic nitrogens is 6. The van der Waals surface area contributed by atoms with Crippen molar-refractivity contribution in [3.63, 3.8) is 0 Å². The Morgan fingerprint density at radius 2 is 1.71 bits per heavy atom. The quantitative estimate of drug-likeness (QED) is 0.301. The van der Waals surface area contributed by atoms with Gasteiger partial charge in [0.2, 0.25) is 0 Å².